The predicted molar refractivity (Wildman–Crippen MR) is 63.9 cm³/mol. The Morgan fingerprint density at radius 3 is 2.50 bits per heavy atom. The molecule has 1 rings (SSSR count). The Morgan fingerprint density at radius 2 is 2.00 bits per heavy atom. The molecule has 0 aromatic heterocycles. The Hall–Kier alpha value is -1.24. The van der Waals surface area contributed by atoms with E-state index in [-0.39, 0.29) is 0 Å². The topological polar surface area (TPSA) is 3.24 Å². The van der Waals surface area contributed by atoms with Crippen molar-refractivity contribution < 1.29 is 0 Å². The Kier molecular flexibility index (Phi) is 3.34. The maximum Gasteiger partial charge on any atom is 0.0465 e. The molecule has 0 saturated heterocycles. The summed E-state index contributed by atoms with van der Waals surface area (Å²) in [5.41, 5.74) is 5.35. The van der Waals surface area contributed by atoms with Gasteiger partial charge in [0.1, 0.15) is 0 Å². The minimum atomic E-state index is 1.07. The Balaban J connectivity index is 3.31. The van der Waals surface area contributed by atoms with Gasteiger partial charge in [-0.15, -0.1) is 0 Å². The smallest absolute Gasteiger partial charge is 0.0465 e. The highest BCUT2D eigenvalue weighted by Crippen LogP contribution is 2.26. The van der Waals surface area contributed by atoms with Crippen LogP contribution in [0.2, 0.25) is 0 Å². The molecule has 0 saturated carbocycles. The summed E-state index contributed by atoms with van der Waals surface area (Å²) in [6, 6.07) is 4.47. The zero-order valence-corrected chi connectivity index (χ0v) is 9.59. The van der Waals surface area contributed by atoms with Crippen LogP contribution in [0.25, 0.3) is 0 Å². The number of nitrogens with zero attached hydrogens (tertiary/aromatic N) is 1. The van der Waals surface area contributed by atoms with Crippen molar-refractivity contribution in [3.8, 4) is 0 Å². The predicted octanol–water partition coefficient (Wildman–Crippen LogP) is 3.45. The molecular formula is C13H19N. The second-order valence-electron chi connectivity index (χ2n) is 3.74. The van der Waals surface area contributed by atoms with E-state index >= 15 is 0 Å². The number of hydrogen-bond donors (Lipinski definition) is 0. The lowest BCUT2D eigenvalue weighted by molar-refractivity contribution is 1.07. The highest BCUT2D eigenvalue weighted by molar-refractivity contribution is 5.61. The standard InChI is InChI=1S/C13H19N/c1-6-12-9-10(3)8-11(4)13(12)14(5)7-2/h7-9H,2,6H2,1,3-5H3. The number of aryl methyl sites for hydroxylation is 3. The first kappa shape index (κ1) is 10.8. The van der Waals surface area contributed by atoms with Crippen molar-refractivity contribution in [1.82, 2.24) is 0 Å². The van der Waals surface area contributed by atoms with E-state index in [1.165, 1.54) is 22.4 Å². The first-order chi connectivity index (χ1) is 6.60. The molecule has 14 heavy (non-hydrogen) atoms. The van der Waals surface area contributed by atoms with Crippen LogP contribution in [-0.2, 0) is 6.42 Å². The van der Waals surface area contributed by atoms with Gasteiger partial charge in [-0.25, -0.2) is 0 Å². The molecule has 0 spiro atoms. The summed E-state index contributed by atoms with van der Waals surface area (Å²) in [5.74, 6) is 0. The van der Waals surface area contributed by atoms with Crippen molar-refractivity contribution >= 4 is 5.69 Å². The summed E-state index contributed by atoms with van der Waals surface area (Å²) in [5, 5.41) is 0. The number of benzene rings is 1. The first-order valence-electron chi connectivity index (χ1n) is 5.05. The molecule has 0 aliphatic heterocycles. The maximum absolute atomic E-state index is 3.80. The normalized spacial score (nSPS) is 10.0. The van der Waals surface area contributed by atoms with Crippen LogP contribution >= 0.6 is 0 Å². The van der Waals surface area contributed by atoms with Gasteiger partial charge in [0.05, 0.1) is 0 Å². The third kappa shape index (κ3) is 1.98. The van der Waals surface area contributed by atoms with E-state index in [2.05, 4.69) is 44.4 Å². The maximum atomic E-state index is 3.80. The SMILES string of the molecule is C=CN(C)c1c(C)cc(C)cc1CC. The van der Waals surface area contributed by atoms with Crippen molar-refractivity contribution in [3.05, 3.63) is 41.6 Å². The number of rotatable bonds is 3. The minimum absolute atomic E-state index is 1.07. The number of anilines is 1. The molecular weight excluding hydrogens is 170 g/mol. The highest BCUT2D eigenvalue weighted by atomic mass is 15.1. The van der Waals surface area contributed by atoms with Gasteiger partial charge in [0.25, 0.3) is 0 Å². The van der Waals surface area contributed by atoms with Crippen LogP contribution in [0.5, 0.6) is 0 Å². The molecule has 0 bridgehead atoms. The molecule has 0 unspecified atom stereocenters. The van der Waals surface area contributed by atoms with Crippen molar-refractivity contribution in [3.63, 3.8) is 0 Å². The van der Waals surface area contributed by atoms with Crippen LogP contribution in [-0.4, -0.2) is 7.05 Å². The van der Waals surface area contributed by atoms with Crippen LogP contribution in [0.4, 0.5) is 5.69 Å². The Bertz CT molecular complexity index is 339. The monoisotopic (exact) mass is 189 g/mol. The van der Waals surface area contributed by atoms with Gasteiger partial charge < -0.3 is 4.90 Å². The van der Waals surface area contributed by atoms with Crippen molar-refractivity contribution in [2.24, 2.45) is 0 Å². The van der Waals surface area contributed by atoms with Crippen LogP contribution in [0.15, 0.2) is 24.9 Å². The van der Waals surface area contributed by atoms with Crippen LogP contribution in [0, 0.1) is 13.8 Å². The highest BCUT2D eigenvalue weighted by Gasteiger charge is 2.07. The zero-order chi connectivity index (χ0) is 10.7. The fraction of sp³-hybridized carbons (Fsp3) is 0.385. The molecule has 0 N–H and O–H groups in total. The molecule has 0 aliphatic carbocycles. The molecule has 76 valence electrons. The molecule has 1 nitrogen and oxygen atoms in total. The first-order valence-corrected chi connectivity index (χ1v) is 5.05. The fourth-order valence-corrected chi connectivity index (χ4v) is 1.91. The lowest BCUT2D eigenvalue weighted by Gasteiger charge is -2.21. The van der Waals surface area contributed by atoms with Crippen molar-refractivity contribution in [1.29, 1.82) is 0 Å². The summed E-state index contributed by atoms with van der Waals surface area (Å²) in [4.78, 5) is 2.09. The van der Waals surface area contributed by atoms with Gasteiger partial charge in [-0.05, 0) is 37.6 Å². The second kappa shape index (κ2) is 4.32. The van der Waals surface area contributed by atoms with E-state index in [1.807, 2.05) is 13.2 Å². The fourth-order valence-electron chi connectivity index (χ4n) is 1.91. The van der Waals surface area contributed by atoms with Crippen molar-refractivity contribution in [2.75, 3.05) is 11.9 Å². The molecule has 0 radical (unpaired) electrons. The molecule has 0 heterocycles. The van der Waals surface area contributed by atoms with E-state index in [4.69, 9.17) is 0 Å². The van der Waals surface area contributed by atoms with E-state index in [0.29, 0.717) is 0 Å². The van der Waals surface area contributed by atoms with E-state index in [0.717, 1.165) is 6.42 Å². The third-order valence-corrected chi connectivity index (χ3v) is 2.53. The van der Waals surface area contributed by atoms with Gasteiger partial charge in [-0.3, -0.25) is 0 Å². The van der Waals surface area contributed by atoms with Crippen LogP contribution in [0.1, 0.15) is 23.6 Å². The van der Waals surface area contributed by atoms with Gasteiger partial charge in [0, 0.05) is 12.7 Å². The van der Waals surface area contributed by atoms with Crippen LogP contribution < -0.4 is 4.90 Å². The lowest BCUT2D eigenvalue weighted by Crippen LogP contribution is -2.11. The molecule has 0 amide bonds. The second-order valence-corrected chi connectivity index (χ2v) is 3.74. The van der Waals surface area contributed by atoms with Gasteiger partial charge in [0.2, 0.25) is 0 Å². The molecule has 0 fully saturated rings. The summed E-state index contributed by atoms with van der Waals surface area (Å²) in [6.07, 6.45) is 2.92. The van der Waals surface area contributed by atoms with E-state index in [1.54, 1.807) is 0 Å². The Morgan fingerprint density at radius 1 is 1.36 bits per heavy atom. The zero-order valence-electron chi connectivity index (χ0n) is 9.59. The molecule has 1 heteroatoms. The average molecular weight is 189 g/mol. The average Bonchev–Trinajstić information content (AvgIpc) is 2.15. The molecule has 1 aromatic carbocycles. The molecule has 0 atom stereocenters. The summed E-state index contributed by atoms with van der Waals surface area (Å²) < 4.78 is 0. The van der Waals surface area contributed by atoms with Gasteiger partial charge >= 0.3 is 0 Å². The van der Waals surface area contributed by atoms with Gasteiger partial charge in [0.15, 0.2) is 0 Å². The minimum Gasteiger partial charge on any atom is -0.351 e. The Labute approximate surface area is 87.1 Å². The largest absolute Gasteiger partial charge is 0.351 e. The lowest BCUT2D eigenvalue weighted by atomic mass is 10.0. The quantitative estimate of drug-likeness (QED) is 0.704. The van der Waals surface area contributed by atoms with E-state index < -0.39 is 0 Å². The summed E-state index contributed by atoms with van der Waals surface area (Å²) >= 11 is 0. The van der Waals surface area contributed by atoms with Gasteiger partial charge in [-0.1, -0.05) is 31.2 Å². The molecule has 0 aliphatic rings. The summed E-state index contributed by atoms with van der Waals surface area (Å²) in [6.45, 7) is 10.3. The van der Waals surface area contributed by atoms with E-state index in [9.17, 15) is 0 Å². The van der Waals surface area contributed by atoms with Crippen molar-refractivity contribution in [2.45, 2.75) is 27.2 Å². The molecule has 1 aromatic rings. The number of hydrogen-bond acceptors (Lipinski definition) is 1. The third-order valence-electron chi connectivity index (χ3n) is 2.53. The summed E-state index contributed by atoms with van der Waals surface area (Å²) in [7, 11) is 2.05. The van der Waals surface area contributed by atoms with Gasteiger partial charge in [-0.2, -0.15) is 0 Å². The van der Waals surface area contributed by atoms with Crippen LogP contribution in [0.3, 0.4) is 0 Å².